The Balaban J connectivity index is 1.65. The summed E-state index contributed by atoms with van der Waals surface area (Å²) in [7, 11) is 3.84. The fourth-order valence-corrected chi connectivity index (χ4v) is 8.32. The molecule has 4 rings (SSSR count). The maximum absolute atomic E-state index is 13.5. The molecule has 204 valence electrons. The van der Waals surface area contributed by atoms with Crippen molar-refractivity contribution in [2.24, 2.45) is 34.0 Å². The SMILES string of the molecule is C=C[C@]1(C)C[C@@H](OC(=O)CSc2nc(C)cc(N(C)C)n2)[C@@]2(C)[C@H](C)CC[C@]3(CCC(=O)[C@H]32)[C@@H](C)[C@@H]1O. The number of thioether (sulfide) groups is 1. The number of Topliss-reactive ketones (excluding diaryl/α,β-unsaturated/α-hetero) is 1. The van der Waals surface area contributed by atoms with Gasteiger partial charge < -0.3 is 14.7 Å². The molecule has 0 radical (unpaired) electrons. The summed E-state index contributed by atoms with van der Waals surface area (Å²) in [5.74, 6) is 0.702. The van der Waals surface area contributed by atoms with E-state index in [1.165, 1.54) is 11.8 Å². The molecule has 0 spiro atoms. The number of anilines is 1. The number of ether oxygens (including phenoxy) is 1. The summed E-state index contributed by atoms with van der Waals surface area (Å²) in [5, 5.41) is 12.2. The molecule has 3 saturated carbocycles. The third-order valence-corrected chi connectivity index (χ3v) is 11.0. The molecule has 0 amide bonds. The smallest absolute Gasteiger partial charge is 0.316 e. The molecule has 1 N–H and O–H groups in total. The largest absolute Gasteiger partial charge is 0.461 e. The van der Waals surface area contributed by atoms with Gasteiger partial charge in [0.25, 0.3) is 0 Å². The van der Waals surface area contributed by atoms with Crippen LogP contribution in [-0.4, -0.2) is 58.9 Å². The highest BCUT2D eigenvalue weighted by atomic mass is 32.2. The molecule has 0 unspecified atom stereocenters. The van der Waals surface area contributed by atoms with E-state index in [4.69, 9.17) is 4.74 Å². The van der Waals surface area contributed by atoms with Crippen molar-refractivity contribution in [1.29, 1.82) is 0 Å². The van der Waals surface area contributed by atoms with Gasteiger partial charge in [-0.05, 0) is 49.9 Å². The molecule has 0 aliphatic heterocycles. The van der Waals surface area contributed by atoms with Crippen molar-refractivity contribution in [2.45, 2.75) is 84.1 Å². The number of carbonyl (C=O) groups excluding carboxylic acids is 2. The van der Waals surface area contributed by atoms with Crippen LogP contribution in [0.3, 0.4) is 0 Å². The number of rotatable bonds is 6. The summed E-state index contributed by atoms with van der Waals surface area (Å²) in [6.07, 6.45) is 4.27. The average Bonchev–Trinajstić information content (AvgIpc) is 3.21. The van der Waals surface area contributed by atoms with Gasteiger partial charge in [-0.15, -0.1) is 6.58 Å². The Morgan fingerprint density at radius 2 is 2.00 bits per heavy atom. The summed E-state index contributed by atoms with van der Waals surface area (Å²) in [6, 6.07) is 1.90. The summed E-state index contributed by atoms with van der Waals surface area (Å²) in [4.78, 5) is 37.8. The molecule has 8 heteroatoms. The number of aliphatic hydroxyl groups excluding tert-OH is 1. The second-order valence-corrected chi connectivity index (χ2v) is 13.3. The third-order valence-electron chi connectivity index (χ3n) is 10.2. The fraction of sp³-hybridized carbons (Fsp3) is 0.724. The molecule has 3 fully saturated rings. The first-order valence-electron chi connectivity index (χ1n) is 13.5. The quantitative estimate of drug-likeness (QED) is 0.242. The summed E-state index contributed by atoms with van der Waals surface area (Å²) < 4.78 is 6.31. The molecular weight excluding hydrogens is 486 g/mol. The first-order chi connectivity index (χ1) is 17.3. The number of esters is 1. The van der Waals surface area contributed by atoms with Gasteiger partial charge in [0, 0.05) is 49.0 Å². The second-order valence-electron chi connectivity index (χ2n) is 12.4. The molecule has 1 heterocycles. The highest BCUT2D eigenvalue weighted by Gasteiger charge is 2.68. The number of hydrogen-bond donors (Lipinski definition) is 1. The Bertz CT molecular complexity index is 1080. The van der Waals surface area contributed by atoms with Gasteiger partial charge in [-0.2, -0.15) is 0 Å². The van der Waals surface area contributed by atoms with Gasteiger partial charge in [0.05, 0.1) is 11.9 Å². The molecule has 7 nitrogen and oxygen atoms in total. The van der Waals surface area contributed by atoms with Crippen LogP contribution < -0.4 is 4.90 Å². The molecule has 1 aromatic heterocycles. The van der Waals surface area contributed by atoms with Gasteiger partial charge >= 0.3 is 5.97 Å². The topological polar surface area (TPSA) is 92.6 Å². The minimum absolute atomic E-state index is 0.0460. The van der Waals surface area contributed by atoms with E-state index in [1.54, 1.807) is 0 Å². The maximum atomic E-state index is 13.5. The van der Waals surface area contributed by atoms with E-state index in [0.717, 1.165) is 30.8 Å². The average molecular weight is 530 g/mol. The second kappa shape index (κ2) is 9.99. The molecule has 0 aromatic carbocycles. The van der Waals surface area contributed by atoms with E-state index in [9.17, 15) is 14.7 Å². The molecule has 8 atom stereocenters. The zero-order chi connectivity index (χ0) is 27.3. The minimum atomic E-state index is -0.669. The van der Waals surface area contributed by atoms with E-state index in [0.29, 0.717) is 18.0 Å². The molecule has 0 saturated heterocycles. The van der Waals surface area contributed by atoms with E-state index < -0.39 is 23.0 Å². The van der Waals surface area contributed by atoms with Crippen molar-refractivity contribution in [3.8, 4) is 0 Å². The molecule has 3 aliphatic carbocycles. The standard InChI is InChI=1S/C29H43N3O4S/c1-9-27(5)15-21(36-23(34)16-37-26-30-18(3)14-22(31-26)32(7)8)28(6)17(2)10-12-29(19(4)25(27)35)13-11-20(33)24(28)29/h9,14,17,19,21,24-25,35H,1,10-13,15-16H2,2-8H3/t17-,19+,21-,24+,25+,27-,28-,29+/m1/s1. The molecule has 37 heavy (non-hydrogen) atoms. The van der Waals surface area contributed by atoms with Crippen LogP contribution in [0.2, 0.25) is 0 Å². The summed E-state index contributed by atoms with van der Waals surface area (Å²) in [6.45, 7) is 14.5. The Morgan fingerprint density at radius 1 is 1.30 bits per heavy atom. The number of aromatic nitrogens is 2. The third kappa shape index (κ3) is 4.62. The zero-order valence-electron chi connectivity index (χ0n) is 23.4. The Morgan fingerprint density at radius 3 is 2.65 bits per heavy atom. The molecule has 1 aromatic rings. The first kappa shape index (κ1) is 28.1. The van der Waals surface area contributed by atoms with Gasteiger partial charge in [-0.25, -0.2) is 9.97 Å². The van der Waals surface area contributed by atoms with Crippen molar-refractivity contribution in [3.63, 3.8) is 0 Å². The number of carbonyl (C=O) groups is 2. The van der Waals surface area contributed by atoms with Crippen LogP contribution in [-0.2, 0) is 14.3 Å². The van der Waals surface area contributed by atoms with Gasteiger partial charge in [0.15, 0.2) is 5.16 Å². The predicted molar refractivity (Wildman–Crippen MR) is 146 cm³/mol. The number of nitrogens with zero attached hydrogens (tertiary/aromatic N) is 3. The van der Waals surface area contributed by atoms with Gasteiger partial charge in [-0.1, -0.05) is 45.5 Å². The van der Waals surface area contributed by atoms with Gasteiger partial charge in [0.2, 0.25) is 0 Å². The van der Waals surface area contributed by atoms with Crippen molar-refractivity contribution >= 4 is 29.3 Å². The lowest BCUT2D eigenvalue weighted by Crippen LogP contribution is -2.63. The van der Waals surface area contributed by atoms with Crippen LogP contribution in [0.15, 0.2) is 23.9 Å². The monoisotopic (exact) mass is 529 g/mol. The van der Waals surface area contributed by atoms with Crippen LogP contribution in [0.25, 0.3) is 0 Å². The van der Waals surface area contributed by atoms with Crippen molar-refractivity contribution in [2.75, 3.05) is 24.7 Å². The number of aryl methyl sites for hydroxylation is 1. The van der Waals surface area contributed by atoms with Crippen LogP contribution in [0.4, 0.5) is 5.82 Å². The Kier molecular flexibility index (Phi) is 7.58. The highest BCUT2D eigenvalue weighted by molar-refractivity contribution is 7.99. The zero-order valence-corrected chi connectivity index (χ0v) is 24.2. The number of ketones is 1. The highest BCUT2D eigenvalue weighted by Crippen LogP contribution is 2.68. The predicted octanol–water partition coefficient (Wildman–Crippen LogP) is 4.85. The Hall–Kier alpha value is -1.93. The van der Waals surface area contributed by atoms with Gasteiger partial charge in [-0.3, -0.25) is 9.59 Å². The van der Waals surface area contributed by atoms with E-state index in [1.807, 2.05) is 45.0 Å². The fourth-order valence-electron chi connectivity index (χ4n) is 7.64. The minimum Gasteiger partial charge on any atom is -0.461 e. The molecule has 2 bridgehead atoms. The maximum Gasteiger partial charge on any atom is 0.316 e. The number of aliphatic hydroxyl groups is 1. The summed E-state index contributed by atoms with van der Waals surface area (Å²) in [5.41, 5.74) is -0.596. The van der Waals surface area contributed by atoms with Crippen LogP contribution in [0, 0.1) is 40.9 Å². The van der Waals surface area contributed by atoms with Crippen molar-refractivity contribution < 1.29 is 19.4 Å². The van der Waals surface area contributed by atoms with Crippen LogP contribution in [0.5, 0.6) is 0 Å². The lowest BCUT2D eigenvalue weighted by Gasteiger charge is -2.61. The lowest BCUT2D eigenvalue weighted by molar-refractivity contribution is -0.205. The van der Waals surface area contributed by atoms with Crippen molar-refractivity contribution in [1.82, 2.24) is 9.97 Å². The summed E-state index contributed by atoms with van der Waals surface area (Å²) >= 11 is 1.26. The lowest BCUT2D eigenvalue weighted by atomic mass is 9.44. The number of hydrogen-bond acceptors (Lipinski definition) is 8. The van der Waals surface area contributed by atoms with Crippen molar-refractivity contribution in [3.05, 3.63) is 24.4 Å². The Labute approximate surface area is 225 Å². The molecular formula is C29H43N3O4S. The van der Waals surface area contributed by atoms with Crippen LogP contribution >= 0.6 is 11.8 Å². The van der Waals surface area contributed by atoms with E-state index in [2.05, 4.69) is 37.3 Å². The van der Waals surface area contributed by atoms with Crippen LogP contribution in [0.1, 0.15) is 65.5 Å². The van der Waals surface area contributed by atoms with E-state index in [-0.39, 0.29) is 40.7 Å². The van der Waals surface area contributed by atoms with Gasteiger partial charge in [0.1, 0.15) is 17.7 Å². The normalized spacial score (nSPS) is 39.4. The van der Waals surface area contributed by atoms with E-state index >= 15 is 0 Å². The first-order valence-corrected chi connectivity index (χ1v) is 14.5. The molecule has 3 aliphatic rings.